The van der Waals surface area contributed by atoms with Gasteiger partial charge in [-0.3, -0.25) is 14.4 Å². The molecule has 1 amide bonds. The van der Waals surface area contributed by atoms with Crippen molar-refractivity contribution in [1.82, 2.24) is 14.7 Å². The summed E-state index contributed by atoms with van der Waals surface area (Å²) in [4.78, 5) is 16.3. The first-order valence-electron chi connectivity index (χ1n) is 8.50. The Balaban J connectivity index is 1.58. The van der Waals surface area contributed by atoms with E-state index < -0.39 is 6.35 Å². The Morgan fingerprint density at radius 2 is 1.91 bits per heavy atom. The molecule has 23 heavy (non-hydrogen) atoms. The average Bonchev–Trinajstić information content (AvgIpc) is 3.28. The van der Waals surface area contributed by atoms with Crippen LogP contribution in [0.15, 0.2) is 6.20 Å². The van der Waals surface area contributed by atoms with Gasteiger partial charge in [0.15, 0.2) is 0 Å². The van der Waals surface area contributed by atoms with Crippen molar-refractivity contribution in [2.24, 2.45) is 11.8 Å². The van der Waals surface area contributed by atoms with Crippen molar-refractivity contribution in [3.63, 3.8) is 0 Å². The van der Waals surface area contributed by atoms with E-state index in [1.165, 1.54) is 12.8 Å². The quantitative estimate of drug-likeness (QED) is 0.892. The maximum atomic E-state index is 13.0. The number of hydrogen-bond donors (Lipinski definition) is 1. The summed E-state index contributed by atoms with van der Waals surface area (Å²) in [6.07, 6.45) is 5.09. The van der Waals surface area contributed by atoms with Crippen molar-refractivity contribution in [2.75, 3.05) is 31.7 Å². The second kappa shape index (κ2) is 5.79. The van der Waals surface area contributed by atoms with E-state index in [0.29, 0.717) is 24.1 Å². The molecule has 3 aliphatic rings. The lowest BCUT2D eigenvalue weighted by molar-refractivity contribution is -0.0157. The number of hydrogen-bond acceptors (Lipinski definition) is 5. The molecule has 1 saturated carbocycles. The minimum absolute atomic E-state index is 0.102. The largest absolute Gasteiger partial charge is 0.381 e. The molecule has 2 aliphatic heterocycles. The van der Waals surface area contributed by atoms with Crippen LogP contribution >= 0.6 is 0 Å². The number of carbonyl (C=O) groups excluding carboxylic acids is 1. The molecular weight excluding hydrogens is 296 g/mol. The highest BCUT2D eigenvalue weighted by Crippen LogP contribution is 2.35. The zero-order valence-corrected chi connectivity index (χ0v) is 13.5. The van der Waals surface area contributed by atoms with Crippen LogP contribution in [0.2, 0.25) is 0 Å². The number of carbonyl (C=O) groups is 1. The van der Waals surface area contributed by atoms with Crippen molar-refractivity contribution < 1.29 is 14.6 Å². The van der Waals surface area contributed by atoms with Crippen LogP contribution in [0.1, 0.15) is 36.2 Å². The van der Waals surface area contributed by atoms with E-state index in [1.807, 2.05) is 11.7 Å². The summed E-state index contributed by atoms with van der Waals surface area (Å²) < 4.78 is 7.21. The van der Waals surface area contributed by atoms with Crippen molar-refractivity contribution >= 4 is 11.6 Å². The first-order valence-corrected chi connectivity index (χ1v) is 8.50. The Morgan fingerprint density at radius 1 is 1.22 bits per heavy atom. The Morgan fingerprint density at radius 3 is 2.61 bits per heavy atom. The van der Waals surface area contributed by atoms with Crippen LogP contribution < -0.4 is 4.90 Å². The number of aliphatic hydroxyl groups is 1. The highest BCUT2D eigenvalue weighted by molar-refractivity contribution is 6.00. The van der Waals surface area contributed by atoms with E-state index in [0.717, 1.165) is 38.3 Å². The van der Waals surface area contributed by atoms with Crippen molar-refractivity contribution in [2.45, 2.75) is 38.6 Å². The highest BCUT2D eigenvalue weighted by Gasteiger charge is 2.39. The second-order valence-electron chi connectivity index (χ2n) is 6.97. The van der Waals surface area contributed by atoms with Crippen LogP contribution in [0, 0.1) is 11.8 Å². The highest BCUT2D eigenvalue weighted by atomic mass is 16.5. The standard InChI is InChI=1S/C16H24N4O3/c1-18-13-8-17-20(10-11-2-3-11)14(13)15(21)19(16(18)22)9-12-4-6-23-7-5-12/h8,11-12,16,22H,2-7,9-10H2,1H3. The van der Waals surface area contributed by atoms with Crippen molar-refractivity contribution in [3.8, 4) is 0 Å². The third-order valence-electron chi connectivity index (χ3n) is 5.21. The molecule has 7 nitrogen and oxygen atoms in total. The van der Waals surface area contributed by atoms with Crippen molar-refractivity contribution in [3.05, 3.63) is 11.9 Å². The number of aromatic nitrogens is 2. The smallest absolute Gasteiger partial charge is 0.277 e. The molecule has 1 aliphatic carbocycles. The predicted molar refractivity (Wildman–Crippen MR) is 83.9 cm³/mol. The summed E-state index contributed by atoms with van der Waals surface area (Å²) in [7, 11) is 1.82. The predicted octanol–water partition coefficient (Wildman–Crippen LogP) is 0.888. The number of aliphatic hydroxyl groups excluding tert-OH is 1. The molecule has 1 aromatic rings. The summed E-state index contributed by atoms with van der Waals surface area (Å²) in [5.41, 5.74) is 1.35. The number of rotatable bonds is 4. The van der Waals surface area contributed by atoms with Crippen LogP contribution in [0.3, 0.4) is 0 Å². The topological polar surface area (TPSA) is 70.8 Å². The van der Waals surface area contributed by atoms with E-state index in [1.54, 1.807) is 16.0 Å². The molecular formula is C16H24N4O3. The fourth-order valence-electron chi connectivity index (χ4n) is 3.50. The lowest BCUT2D eigenvalue weighted by Gasteiger charge is -2.41. The third kappa shape index (κ3) is 2.72. The molecule has 0 radical (unpaired) electrons. The Kier molecular flexibility index (Phi) is 3.77. The normalized spacial score (nSPS) is 25.8. The van der Waals surface area contributed by atoms with Crippen LogP contribution in [-0.2, 0) is 11.3 Å². The molecule has 4 rings (SSSR count). The van der Waals surface area contributed by atoms with Gasteiger partial charge in [-0.25, -0.2) is 0 Å². The molecule has 2 fully saturated rings. The monoisotopic (exact) mass is 320 g/mol. The van der Waals surface area contributed by atoms with Gasteiger partial charge < -0.3 is 14.7 Å². The summed E-state index contributed by atoms with van der Waals surface area (Å²) >= 11 is 0. The number of nitrogens with zero attached hydrogens (tertiary/aromatic N) is 4. The van der Waals surface area contributed by atoms with E-state index >= 15 is 0 Å². The van der Waals surface area contributed by atoms with Crippen LogP contribution in [0.5, 0.6) is 0 Å². The van der Waals surface area contributed by atoms with Crippen LogP contribution in [-0.4, -0.2) is 58.9 Å². The lowest BCUT2D eigenvalue weighted by Crippen LogP contribution is -2.55. The van der Waals surface area contributed by atoms with Gasteiger partial charge in [-0.1, -0.05) is 0 Å². The first-order chi connectivity index (χ1) is 11.1. The molecule has 0 bridgehead atoms. The van der Waals surface area contributed by atoms with Gasteiger partial charge >= 0.3 is 0 Å². The molecule has 1 aromatic heterocycles. The maximum Gasteiger partial charge on any atom is 0.277 e. The number of fused-ring (bicyclic) bond motifs is 1. The van der Waals surface area contributed by atoms with Crippen LogP contribution in [0.25, 0.3) is 0 Å². The molecule has 1 saturated heterocycles. The third-order valence-corrected chi connectivity index (χ3v) is 5.21. The molecule has 1 N–H and O–H groups in total. The van der Waals surface area contributed by atoms with Crippen LogP contribution in [0.4, 0.5) is 5.69 Å². The van der Waals surface area contributed by atoms with E-state index in [9.17, 15) is 9.90 Å². The SMILES string of the molecule is CN1c2cnn(CC3CC3)c2C(=O)N(CC2CCOCC2)C1O. The van der Waals surface area contributed by atoms with Gasteiger partial charge in [0.05, 0.1) is 11.9 Å². The molecule has 0 spiro atoms. The minimum Gasteiger partial charge on any atom is -0.381 e. The first kappa shape index (κ1) is 15.0. The zero-order valence-electron chi connectivity index (χ0n) is 13.5. The average molecular weight is 320 g/mol. The zero-order chi connectivity index (χ0) is 16.0. The van der Waals surface area contributed by atoms with Gasteiger partial charge in [-0.2, -0.15) is 5.10 Å². The summed E-state index contributed by atoms with van der Waals surface area (Å²) in [6, 6.07) is 0. The van der Waals surface area contributed by atoms with Gasteiger partial charge in [0, 0.05) is 33.4 Å². The van der Waals surface area contributed by atoms with Gasteiger partial charge in [0.25, 0.3) is 5.91 Å². The molecule has 3 heterocycles. The Hall–Kier alpha value is -1.60. The Bertz CT molecular complexity index is 592. The molecule has 126 valence electrons. The number of ether oxygens (including phenoxy) is 1. The number of amides is 1. The minimum atomic E-state index is -0.920. The molecule has 1 atom stereocenters. The summed E-state index contributed by atoms with van der Waals surface area (Å²) in [5, 5.41) is 14.9. The summed E-state index contributed by atoms with van der Waals surface area (Å²) in [6.45, 7) is 2.85. The van der Waals surface area contributed by atoms with E-state index in [4.69, 9.17) is 4.74 Å². The Labute approximate surface area is 135 Å². The fourth-order valence-corrected chi connectivity index (χ4v) is 3.50. The van der Waals surface area contributed by atoms with Gasteiger partial charge in [0.1, 0.15) is 5.69 Å². The van der Waals surface area contributed by atoms with E-state index in [2.05, 4.69) is 5.10 Å². The van der Waals surface area contributed by atoms with Gasteiger partial charge in [-0.05, 0) is 37.5 Å². The summed E-state index contributed by atoms with van der Waals surface area (Å²) in [5.74, 6) is 0.931. The molecule has 0 aromatic carbocycles. The molecule has 1 unspecified atom stereocenters. The molecule has 7 heteroatoms. The van der Waals surface area contributed by atoms with E-state index in [-0.39, 0.29) is 5.91 Å². The van der Waals surface area contributed by atoms with Gasteiger partial charge in [0.2, 0.25) is 6.35 Å². The lowest BCUT2D eigenvalue weighted by atomic mass is 9.99. The van der Waals surface area contributed by atoms with Gasteiger partial charge in [-0.15, -0.1) is 0 Å². The van der Waals surface area contributed by atoms with Crippen molar-refractivity contribution in [1.29, 1.82) is 0 Å². The fraction of sp³-hybridized carbons (Fsp3) is 0.750. The second-order valence-corrected chi connectivity index (χ2v) is 6.97. The maximum absolute atomic E-state index is 13.0. The number of anilines is 1.